The molecule has 1 fully saturated rings. The molecule has 2 rings (SSSR count). The number of carbonyl (C=O) groups excluding carboxylic acids is 1. The van der Waals surface area contributed by atoms with Crippen molar-refractivity contribution in [1.82, 2.24) is 4.90 Å². The minimum absolute atomic E-state index is 0.181. The first-order valence-electron chi connectivity index (χ1n) is 5.95. The number of rotatable bonds is 1. The molecule has 1 amide bonds. The zero-order chi connectivity index (χ0) is 14.0. The molecule has 0 N–H and O–H groups in total. The van der Waals surface area contributed by atoms with Crippen LogP contribution in [0.1, 0.15) is 18.6 Å². The van der Waals surface area contributed by atoms with Gasteiger partial charge in [0.2, 0.25) is 0 Å². The van der Waals surface area contributed by atoms with Gasteiger partial charge in [0.15, 0.2) is 0 Å². The highest BCUT2D eigenvalue weighted by molar-refractivity contribution is 6.76. The number of carbonyl (C=O) groups is 1. The molecule has 0 bridgehead atoms. The van der Waals surface area contributed by atoms with E-state index in [0.717, 1.165) is 5.56 Å². The Balaban J connectivity index is 2.20. The lowest BCUT2D eigenvalue weighted by atomic mass is 10.0. The van der Waals surface area contributed by atoms with Crippen LogP contribution in [-0.2, 0) is 9.53 Å². The molecule has 2 atom stereocenters. The third-order valence-corrected chi connectivity index (χ3v) is 3.68. The van der Waals surface area contributed by atoms with Crippen LogP contribution >= 0.6 is 34.8 Å². The number of morpholine rings is 1. The van der Waals surface area contributed by atoms with E-state index >= 15 is 0 Å². The summed E-state index contributed by atoms with van der Waals surface area (Å²) < 4.78 is 3.82. The van der Waals surface area contributed by atoms with E-state index in [1.54, 1.807) is 4.90 Å². The van der Waals surface area contributed by atoms with Crippen molar-refractivity contribution < 1.29 is 9.53 Å². The van der Waals surface area contributed by atoms with Gasteiger partial charge in [0, 0.05) is 6.54 Å². The molecule has 1 aromatic carbocycles. The molecule has 6 heteroatoms. The van der Waals surface area contributed by atoms with Crippen molar-refractivity contribution >= 4 is 40.7 Å². The van der Waals surface area contributed by atoms with Gasteiger partial charge in [0.1, 0.15) is 6.10 Å². The second-order valence-electron chi connectivity index (χ2n) is 4.44. The molecule has 1 aromatic rings. The fraction of sp³-hybridized carbons (Fsp3) is 0.462. The first-order chi connectivity index (χ1) is 8.91. The van der Waals surface area contributed by atoms with Gasteiger partial charge in [-0.2, -0.15) is 0 Å². The van der Waals surface area contributed by atoms with Gasteiger partial charge in [-0.1, -0.05) is 65.1 Å². The van der Waals surface area contributed by atoms with Crippen LogP contribution in [0, 0.1) is 0 Å². The van der Waals surface area contributed by atoms with Gasteiger partial charge in [0.05, 0.1) is 12.6 Å². The van der Waals surface area contributed by atoms with Crippen molar-refractivity contribution in [2.45, 2.75) is 22.9 Å². The highest BCUT2D eigenvalue weighted by Gasteiger charge is 2.41. The molecule has 19 heavy (non-hydrogen) atoms. The lowest BCUT2D eigenvalue weighted by Crippen LogP contribution is -2.52. The maximum atomic E-state index is 12.1. The van der Waals surface area contributed by atoms with Gasteiger partial charge in [-0.3, -0.25) is 4.79 Å². The van der Waals surface area contributed by atoms with Crippen molar-refractivity contribution in [3.8, 4) is 0 Å². The smallest absolute Gasteiger partial charge is 0.275 e. The first-order valence-corrected chi connectivity index (χ1v) is 7.09. The van der Waals surface area contributed by atoms with Crippen LogP contribution in [-0.4, -0.2) is 33.8 Å². The Labute approximate surface area is 127 Å². The number of amides is 1. The standard InChI is InChI=1S/C13H14Cl3NO2/c1-9-11(10-5-3-2-4-6-10)19-8-7-17(9)12(18)13(14,15)16/h2-6,9,11H,7-8H2,1H3/t9-,11-/m0/s1. The number of benzene rings is 1. The largest absolute Gasteiger partial charge is 0.370 e. The molecule has 1 aliphatic heterocycles. The number of ether oxygens (including phenoxy) is 1. The van der Waals surface area contributed by atoms with Crippen LogP contribution in [0.25, 0.3) is 0 Å². The minimum Gasteiger partial charge on any atom is -0.370 e. The molecular weight excluding hydrogens is 309 g/mol. The molecule has 0 radical (unpaired) electrons. The van der Waals surface area contributed by atoms with E-state index in [1.807, 2.05) is 37.3 Å². The Bertz CT molecular complexity index is 447. The molecule has 1 saturated heterocycles. The van der Waals surface area contributed by atoms with Gasteiger partial charge >= 0.3 is 0 Å². The van der Waals surface area contributed by atoms with E-state index in [4.69, 9.17) is 39.5 Å². The van der Waals surface area contributed by atoms with E-state index in [0.29, 0.717) is 13.2 Å². The average Bonchev–Trinajstić information content (AvgIpc) is 2.38. The number of halogens is 3. The quantitative estimate of drug-likeness (QED) is 0.742. The molecule has 0 aromatic heterocycles. The van der Waals surface area contributed by atoms with E-state index in [2.05, 4.69) is 0 Å². The maximum absolute atomic E-state index is 12.1. The molecule has 0 spiro atoms. The summed E-state index contributed by atoms with van der Waals surface area (Å²) >= 11 is 17.0. The van der Waals surface area contributed by atoms with Crippen LogP contribution in [0.15, 0.2) is 30.3 Å². The fourth-order valence-corrected chi connectivity index (χ4v) is 2.58. The Hall–Kier alpha value is -0.480. The third-order valence-electron chi connectivity index (χ3n) is 3.19. The van der Waals surface area contributed by atoms with E-state index < -0.39 is 9.70 Å². The van der Waals surface area contributed by atoms with E-state index in [1.165, 1.54) is 0 Å². The SMILES string of the molecule is C[C@H]1[C@@H](c2ccccc2)OCCN1C(=O)C(Cl)(Cl)Cl. The topological polar surface area (TPSA) is 29.5 Å². The monoisotopic (exact) mass is 321 g/mol. The fourth-order valence-electron chi connectivity index (χ4n) is 2.25. The minimum atomic E-state index is -1.92. The van der Waals surface area contributed by atoms with Gasteiger partial charge in [-0.15, -0.1) is 0 Å². The summed E-state index contributed by atoms with van der Waals surface area (Å²) in [6, 6.07) is 9.54. The van der Waals surface area contributed by atoms with Crippen molar-refractivity contribution in [3.63, 3.8) is 0 Å². The normalized spacial score (nSPS) is 24.3. The summed E-state index contributed by atoms with van der Waals surface area (Å²) in [7, 11) is 0. The van der Waals surface area contributed by atoms with Gasteiger partial charge < -0.3 is 9.64 Å². The zero-order valence-electron chi connectivity index (χ0n) is 10.4. The third kappa shape index (κ3) is 3.34. The van der Waals surface area contributed by atoms with Crippen molar-refractivity contribution in [2.24, 2.45) is 0 Å². The van der Waals surface area contributed by atoms with E-state index in [9.17, 15) is 4.79 Å². The lowest BCUT2D eigenvalue weighted by molar-refractivity contribution is -0.144. The predicted molar refractivity (Wildman–Crippen MR) is 76.6 cm³/mol. The van der Waals surface area contributed by atoms with Crippen molar-refractivity contribution in [1.29, 1.82) is 0 Å². The first kappa shape index (κ1) is 14.9. The summed E-state index contributed by atoms with van der Waals surface area (Å²) in [5.74, 6) is -0.505. The Morgan fingerprint density at radius 2 is 1.95 bits per heavy atom. The summed E-state index contributed by atoms with van der Waals surface area (Å²) in [6.07, 6.45) is -0.203. The zero-order valence-corrected chi connectivity index (χ0v) is 12.6. The van der Waals surface area contributed by atoms with Crippen molar-refractivity contribution in [3.05, 3.63) is 35.9 Å². The summed E-state index contributed by atoms with van der Waals surface area (Å²) in [4.78, 5) is 13.6. The summed E-state index contributed by atoms with van der Waals surface area (Å²) in [5.41, 5.74) is 1.01. The molecule has 1 aliphatic rings. The predicted octanol–water partition coefficient (Wildman–Crippen LogP) is 3.35. The Kier molecular flexibility index (Phi) is 4.62. The highest BCUT2D eigenvalue weighted by atomic mass is 35.6. The Morgan fingerprint density at radius 1 is 1.32 bits per heavy atom. The van der Waals surface area contributed by atoms with Crippen molar-refractivity contribution in [2.75, 3.05) is 13.2 Å². The van der Waals surface area contributed by atoms with Crippen LogP contribution in [0.2, 0.25) is 0 Å². The molecule has 0 unspecified atom stereocenters. The molecule has 0 saturated carbocycles. The van der Waals surface area contributed by atoms with Crippen LogP contribution in [0.3, 0.4) is 0 Å². The maximum Gasteiger partial charge on any atom is 0.275 e. The summed E-state index contributed by atoms with van der Waals surface area (Å²) in [6.45, 7) is 2.75. The summed E-state index contributed by atoms with van der Waals surface area (Å²) in [5, 5.41) is 0. The number of nitrogens with zero attached hydrogens (tertiary/aromatic N) is 1. The molecule has 3 nitrogen and oxygen atoms in total. The number of hydrogen-bond donors (Lipinski definition) is 0. The number of alkyl halides is 3. The van der Waals surface area contributed by atoms with Crippen LogP contribution in [0.4, 0.5) is 0 Å². The molecule has 0 aliphatic carbocycles. The highest BCUT2D eigenvalue weighted by Crippen LogP contribution is 2.34. The van der Waals surface area contributed by atoms with Gasteiger partial charge in [0.25, 0.3) is 9.70 Å². The Morgan fingerprint density at radius 3 is 2.53 bits per heavy atom. The second kappa shape index (κ2) is 5.88. The van der Waals surface area contributed by atoms with Crippen LogP contribution in [0.5, 0.6) is 0 Å². The second-order valence-corrected chi connectivity index (χ2v) is 6.72. The van der Waals surface area contributed by atoms with Crippen LogP contribution < -0.4 is 0 Å². The van der Waals surface area contributed by atoms with Gasteiger partial charge in [-0.25, -0.2) is 0 Å². The lowest BCUT2D eigenvalue weighted by Gasteiger charge is -2.40. The average molecular weight is 323 g/mol. The molecular formula is C13H14Cl3NO2. The molecule has 104 valence electrons. The molecule has 1 heterocycles. The number of hydrogen-bond acceptors (Lipinski definition) is 2. The van der Waals surface area contributed by atoms with Gasteiger partial charge in [-0.05, 0) is 12.5 Å². The van der Waals surface area contributed by atoms with E-state index in [-0.39, 0.29) is 12.1 Å².